The first-order valence-corrected chi connectivity index (χ1v) is 10.7. The Morgan fingerprint density at radius 3 is 2.16 bits per heavy atom. The highest BCUT2D eigenvalue weighted by molar-refractivity contribution is 5.77. The molecule has 3 fully saturated rings. The maximum Gasteiger partial charge on any atom is 0.490 e. The van der Waals surface area contributed by atoms with Crippen molar-refractivity contribution < 1.29 is 32.3 Å². The summed E-state index contributed by atoms with van der Waals surface area (Å²) >= 11 is 0. The van der Waals surface area contributed by atoms with Gasteiger partial charge >= 0.3 is 12.1 Å². The topological polar surface area (TPSA) is 60.9 Å². The average molecular weight is 444 g/mol. The monoisotopic (exact) mass is 444 g/mol. The number of hydrogen-bond donors (Lipinski definition) is 1. The lowest BCUT2D eigenvalue weighted by molar-refractivity contribution is -0.192. The van der Waals surface area contributed by atoms with Crippen LogP contribution in [0.1, 0.15) is 50.5 Å². The van der Waals surface area contributed by atoms with Crippen molar-refractivity contribution in [3.05, 3.63) is 35.6 Å². The minimum atomic E-state index is -5.08. The summed E-state index contributed by atoms with van der Waals surface area (Å²) in [4.78, 5) is 26.1. The van der Waals surface area contributed by atoms with Gasteiger partial charge in [0.05, 0.1) is 0 Å². The summed E-state index contributed by atoms with van der Waals surface area (Å²) < 4.78 is 44.8. The molecule has 2 heterocycles. The number of carboxylic acid groups (broad SMARTS) is 1. The second-order valence-electron chi connectivity index (χ2n) is 8.75. The van der Waals surface area contributed by atoms with E-state index >= 15 is 0 Å². The summed E-state index contributed by atoms with van der Waals surface area (Å²) in [6.07, 6.45) is 3.02. The second-order valence-corrected chi connectivity index (χ2v) is 8.75. The van der Waals surface area contributed by atoms with Crippen LogP contribution in [0.15, 0.2) is 24.3 Å². The number of carboxylic acids is 1. The van der Waals surface area contributed by atoms with E-state index in [1.165, 1.54) is 44.2 Å². The Labute approximate surface area is 179 Å². The van der Waals surface area contributed by atoms with E-state index in [-0.39, 0.29) is 11.4 Å². The van der Waals surface area contributed by atoms with Gasteiger partial charge in [0, 0.05) is 38.1 Å². The number of carbonyl (C=O) groups excluding carboxylic acids is 1. The van der Waals surface area contributed by atoms with Crippen molar-refractivity contribution in [3.63, 3.8) is 0 Å². The van der Waals surface area contributed by atoms with E-state index in [0.717, 1.165) is 44.6 Å². The molecule has 31 heavy (non-hydrogen) atoms. The molecule has 172 valence electrons. The van der Waals surface area contributed by atoms with Gasteiger partial charge < -0.3 is 10.0 Å². The number of halogens is 4. The van der Waals surface area contributed by atoms with Crippen LogP contribution in [-0.4, -0.2) is 58.1 Å². The molecule has 0 bridgehead atoms. The summed E-state index contributed by atoms with van der Waals surface area (Å²) in [6, 6.07) is 6.82. The molecule has 0 radical (unpaired) electrons. The number of aliphatic carboxylic acids is 1. The van der Waals surface area contributed by atoms with Crippen molar-refractivity contribution in [1.82, 2.24) is 9.80 Å². The third-order valence-corrected chi connectivity index (χ3v) is 6.67. The minimum Gasteiger partial charge on any atom is -0.475 e. The number of nitrogens with zero attached hydrogens (tertiary/aromatic N) is 2. The Morgan fingerprint density at radius 1 is 1.06 bits per heavy atom. The Morgan fingerprint density at radius 2 is 1.65 bits per heavy atom. The predicted molar refractivity (Wildman–Crippen MR) is 106 cm³/mol. The smallest absolute Gasteiger partial charge is 0.475 e. The van der Waals surface area contributed by atoms with Gasteiger partial charge in [-0.3, -0.25) is 9.69 Å². The van der Waals surface area contributed by atoms with Crippen molar-refractivity contribution >= 4 is 11.9 Å². The van der Waals surface area contributed by atoms with E-state index in [1.807, 2.05) is 12.1 Å². The van der Waals surface area contributed by atoms with Crippen molar-refractivity contribution in [1.29, 1.82) is 0 Å². The zero-order valence-electron chi connectivity index (χ0n) is 17.3. The minimum absolute atomic E-state index is 0.179. The first kappa shape index (κ1) is 23.5. The molecular formula is C22H28F4N2O3. The third-order valence-electron chi connectivity index (χ3n) is 6.67. The van der Waals surface area contributed by atoms with Crippen LogP contribution in [0, 0.1) is 11.7 Å². The van der Waals surface area contributed by atoms with Gasteiger partial charge in [0.25, 0.3) is 0 Å². The van der Waals surface area contributed by atoms with E-state index in [9.17, 15) is 22.4 Å². The highest BCUT2D eigenvalue weighted by atomic mass is 19.4. The Balaban J connectivity index is 0.000000339. The predicted octanol–water partition coefficient (Wildman–Crippen LogP) is 4.22. The molecule has 1 aromatic rings. The van der Waals surface area contributed by atoms with Crippen LogP contribution < -0.4 is 0 Å². The van der Waals surface area contributed by atoms with Crippen LogP contribution in [0.2, 0.25) is 0 Å². The van der Waals surface area contributed by atoms with Crippen LogP contribution in [0.25, 0.3) is 0 Å². The lowest BCUT2D eigenvalue weighted by atomic mass is 9.83. The highest BCUT2D eigenvalue weighted by Crippen LogP contribution is 2.40. The average Bonchev–Trinajstić information content (AvgIpc) is 3.37. The summed E-state index contributed by atoms with van der Waals surface area (Å²) in [5.74, 6) is -1.94. The Hall–Kier alpha value is -2.16. The number of hydrogen-bond acceptors (Lipinski definition) is 3. The maximum atomic E-state index is 13.1. The van der Waals surface area contributed by atoms with E-state index in [0.29, 0.717) is 11.8 Å². The van der Waals surface area contributed by atoms with E-state index in [4.69, 9.17) is 9.90 Å². The molecule has 3 aliphatic rings. The zero-order chi connectivity index (χ0) is 22.6. The molecule has 2 saturated heterocycles. The number of carbonyl (C=O) groups is 2. The molecule has 9 heteroatoms. The summed E-state index contributed by atoms with van der Waals surface area (Å²) in [5.41, 5.74) is 1.34. The van der Waals surface area contributed by atoms with Crippen LogP contribution in [0.5, 0.6) is 0 Å². The second kappa shape index (κ2) is 9.54. The third kappa shape index (κ3) is 5.96. The fraction of sp³-hybridized carbons (Fsp3) is 0.636. The maximum absolute atomic E-state index is 13.1. The van der Waals surface area contributed by atoms with Crippen LogP contribution >= 0.6 is 0 Å². The molecule has 0 aromatic heterocycles. The Kier molecular flexibility index (Phi) is 7.24. The van der Waals surface area contributed by atoms with Gasteiger partial charge in [-0.1, -0.05) is 25.0 Å². The fourth-order valence-corrected chi connectivity index (χ4v) is 4.77. The lowest BCUT2D eigenvalue weighted by Crippen LogP contribution is -2.60. The quantitative estimate of drug-likeness (QED) is 0.707. The highest BCUT2D eigenvalue weighted by Gasteiger charge is 2.49. The molecule has 1 atom stereocenters. The molecule has 1 N–H and O–H groups in total. The van der Waals surface area contributed by atoms with Crippen molar-refractivity contribution in [2.75, 3.05) is 19.6 Å². The SMILES string of the molecule is O=C(CC1CCCC1)N1CCC2(CCN2Cc2ccc(F)cc2)C1.O=C(O)C(F)(F)F. The fourth-order valence-electron chi connectivity index (χ4n) is 4.77. The molecule has 1 spiro atoms. The molecule has 4 rings (SSSR count). The van der Waals surface area contributed by atoms with Crippen LogP contribution in [-0.2, 0) is 16.1 Å². The summed E-state index contributed by atoms with van der Waals surface area (Å²) in [7, 11) is 0. The number of alkyl halides is 3. The largest absolute Gasteiger partial charge is 0.490 e. The lowest BCUT2D eigenvalue weighted by Gasteiger charge is -2.51. The summed E-state index contributed by atoms with van der Waals surface area (Å²) in [6.45, 7) is 3.75. The van der Waals surface area contributed by atoms with Gasteiger partial charge in [0.15, 0.2) is 0 Å². The van der Waals surface area contributed by atoms with Gasteiger partial charge in [-0.15, -0.1) is 0 Å². The first-order chi connectivity index (χ1) is 14.6. The van der Waals surface area contributed by atoms with E-state index in [2.05, 4.69) is 9.80 Å². The van der Waals surface area contributed by atoms with Gasteiger partial charge in [-0.2, -0.15) is 13.2 Å². The molecule has 1 unspecified atom stereocenters. The standard InChI is InChI=1S/C20H27FN2O.C2HF3O2/c21-18-7-5-17(6-8-18)14-23-12-10-20(23)9-11-22(15-20)19(24)13-16-3-1-2-4-16;3-2(4,5)1(6)7/h5-8,16H,1-4,9-15H2;(H,6,7). The normalized spacial score (nSPS) is 24.1. The van der Waals surface area contributed by atoms with Crippen molar-refractivity contribution in [2.45, 2.75) is 63.2 Å². The van der Waals surface area contributed by atoms with Gasteiger partial charge in [-0.25, -0.2) is 9.18 Å². The van der Waals surface area contributed by atoms with Gasteiger partial charge in [0.2, 0.25) is 5.91 Å². The van der Waals surface area contributed by atoms with Crippen LogP contribution in [0.3, 0.4) is 0 Å². The molecule has 1 aliphatic carbocycles. The number of amides is 1. The molecule has 2 aliphatic heterocycles. The molecular weight excluding hydrogens is 416 g/mol. The zero-order valence-corrected chi connectivity index (χ0v) is 17.3. The van der Waals surface area contributed by atoms with Crippen LogP contribution in [0.4, 0.5) is 17.6 Å². The number of benzene rings is 1. The van der Waals surface area contributed by atoms with Crippen molar-refractivity contribution in [2.24, 2.45) is 5.92 Å². The first-order valence-electron chi connectivity index (χ1n) is 10.7. The number of likely N-dealkylation sites (tertiary alicyclic amines) is 2. The Bertz CT molecular complexity index is 778. The van der Waals surface area contributed by atoms with E-state index < -0.39 is 12.1 Å². The molecule has 1 saturated carbocycles. The molecule has 5 nitrogen and oxygen atoms in total. The van der Waals surface area contributed by atoms with Gasteiger partial charge in [0.1, 0.15) is 5.82 Å². The van der Waals surface area contributed by atoms with Crippen molar-refractivity contribution in [3.8, 4) is 0 Å². The van der Waals surface area contributed by atoms with Gasteiger partial charge in [-0.05, 0) is 49.3 Å². The number of rotatable bonds is 4. The van der Waals surface area contributed by atoms with E-state index in [1.54, 1.807) is 0 Å². The molecule has 1 aromatic carbocycles. The summed E-state index contributed by atoms with van der Waals surface area (Å²) in [5, 5.41) is 7.12. The molecule has 1 amide bonds.